The SMILES string of the molecule is COCCn1ncc(Cl)c1C(N)c1cc2ccccc2s1. The monoisotopic (exact) mass is 321 g/mol. The Bertz CT molecular complexity index is 719. The largest absolute Gasteiger partial charge is 0.383 e. The summed E-state index contributed by atoms with van der Waals surface area (Å²) in [6, 6.07) is 10.1. The van der Waals surface area contributed by atoms with Gasteiger partial charge in [0.2, 0.25) is 0 Å². The number of nitrogens with two attached hydrogens (primary N) is 1. The zero-order valence-electron chi connectivity index (χ0n) is 11.6. The maximum Gasteiger partial charge on any atom is 0.0838 e. The van der Waals surface area contributed by atoms with Crippen LogP contribution in [0.4, 0.5) is 0 Å². The number of hydrogen-bond acceptors (Lipinski definition) is 4. The minimum atomic E-state index is -0.283. The van der Waals surface area contributed by atoms with Crippen LogP contribution in [0.15, 0.2) is 36.5 Å². The van der Waals surface area contributed by atoms with E-state index in [9.17, 15) is 0 Å². The van der Waals surface area contributed by atoms with E-state index in [0.29, 0.717) is 18.2 Å². The van der Waals surface area contributed by atoms with Crippen molar-refractivity contribution in [1.82, 2.24) is 9.78 Å². The number of thiophene rings is 1. The molecule has 0 aliphatic heterocycles. The zero-order valence-corrected chi connectivity index (χ0v) is 13.2. The predicted octanol–water partition coefficient (Wildman–Crippen LogP) is 3.45. The van der Waals surface area contributed by atoms with Gasteiger partial charge in [0.25, 0.3) is 0 Å². The molecule has 3 aromatic rings. The van der Waals surface area contributed by atoms with Crippen LogP contribution in [-0.4, -0.2) is 23.5 Å². The lowest BCUT2D eigenvalue weighted by Gasteiger charge is -2.13. The molecule has 0 saturated heterocycles. The van der Waals surface area contributed by atoms with Gasteiger partial charge >= 0.3 is 0 Å². The molecule has 6 heteroatoms. The molecule has 0 spiro atoms. The molecule has 2 heterocycles. The third kappa shape index (κ3) is 2.82. The highest BCUT2D eigenvalue weighted by atomic mass is 35.5. The van der Waals surface area contributed by atoms with Crippen LogP contribution in [0.5, 0.6) is 0 Å². The standard InChI is InChI=1S/C15H16ClN3OS/c1-20-7-6-19-15(11(16)9-18-19)14(17)13-8-10-4-2-3-5-12(10)21-13/h2-5,8-9,14H,6-7,17H2,1H3. The summed E-state index contributed by atoms with van der Waals surface area (Å²) >= 11 is 7.96. The number of nitrogens with zero attached hydrogens (tertiary/aromatic N) is 2. The van der Waals surface area contributed by atoms with Crippen molar-refractivity contribution in [2.45, 2.75) is 12.6 Å². The van der Waals surface area contributed by atoms with Gasteiger partial charge in [0, 0.05) is 16.7 Å². The molecule has 0 aliphatic carbocycles. The quantitative estimate of drug-likeness (QED) is 0.783. The van der Waals surface area contributed by atoms with Gasteiger partial charge in [-0.25, -0.2) is 0 Å². The third-order valence-electron chi connectivity index (χ3n) is 3.39. The van der Waals surface area contributed by atoms with E-state index >= 15 is 0 Å². The summed E-state index contributed by atoms with van der Waals surface area (Å²) in [6.07, 6.45) is 1.64. The minimum absolute atomic E-state index is 0.283. The van der Waals surface area contributed by atoms with Gasteiger partial charge < -0.3 is 10.5 Å². The maximum atomic E-state index is 6.42. The van der Waals surface area contributed by atoms with Crippen LogP contribution in [0, 0.1) is 0 Å². The maximum absolute atomic E-state index is 6.42. The molecule has 4 nitrogen and oxygen atoms in total. The van der Waals surface area contributed by atoms with Crippen molar-refractivity contribution in [3.05, 3.63) is 52.1 Å². The Balaban J connectivity index is 1.97. The first-order valence-corrected chi connectivity index (χ1v) is 7.84. The summed E-state index contributed by atoms with van der Waals surface area (Å²) in [7, 11) is 1.66. The number of halogens is 1. The first-order valence-electron chi connectivity index (χ1n) is 6.65. The van der Waals surface area contributed by atoms with E-state index in [0.717, 1.165) is 10.6 Å². The molecular weight excluding hydrogens is 306 g/mol. The zero-order chi connectivity index (χ0) is 14.8. The number of aromatic nitrogens is 2. The lowest BCUT2D eigenvalue weighted by atomic mass is 10.1. The van der Waals surface area contributed by atoms with Crippen molar-refractivity contribution >= 4 is 33.0 Å². The van der Waals surface area contributed by atoms with E-state index < -0.39 is 0 Å². The number of benzene rings is 1. The van der Waals surface area contributed by atoms with Crippen LogP contribution in [0.2, 0.25) is 5.02 Å². The van der Waals surface area contributed by atoms with Crippen molar-refractivity contribution in [2.24, 2.45) is 5.73 Å². The lowest BCUT2D eigenvalue weighted by Crippen LogP contribution is -2.18. The van der Waals surface area contributed by atoms with Crippen LogP contribution in [0.3, 0.4) is 0 Å². The van der Waals surface area contributed by atoms with Gasteiger partial charge in [-0.1, -0.05) is 29.8 Å². The van der Waals surface area contributed by atoms with Crippen molar-refractivity contribution in [3.8, 4) is 0 Å². The number of rotatable bonds is 5. The Morgan fingerprint density at radius 3 is 3.00 bits per heavy atom. The van der Waals surface area contributed by atoms with Crippen LogP contribution in [0.1, 0.15) is 16.6 Å². The van der Waals surface area contributed by atoms with Crippen molar-refractivity contribution in [3.63, 3.8) is 0 Å². The third-order valence-corrected chi connectivity index (χ3v) is 4.88. The van der Waals surface area contributed by atoms with Crippen LogP contribution >= 0.6 is 22.9 Å². The second-order valence-electron chi connectivity index (χ2n) is 4.76. The molecule has 0 saturated carbocycles. The minimum Gasteiger partial charge on any atom is -0.383 e. The highest BCUT2D eigenvalue weighted by Crippen LogP contribution is 2.34. The van der Waals surface area contributed by atoms with Crippen molar-refractivity contribution in [2.75, 3.05) is 13.7 Å². The second kappa shape index (κ2) is 6.15. The molecule has 1 unspecified atom stereocenters. The fourth-order valence-electron chi connectivity index (χ4n) is 2.33. The van der Waals surface area contributed by atoms with E-state index in [2.05, 4.69) is 23.3 Å². The highest BCUT2D eigenvalue weighted by molar-refractivity contribution is 7.19. The van der Waals surface area contributed by atoms with E-state index in [4.69, 9.17) is 22.1 Å². The Labute approximate surface area is 132 Å². The lowest BCUT2D eigenvalue weighted by molar-refractivity contribution is 0.182. The predicted molar refractivity (Wildman–Crippen MR) is 87.0 cm³/mol. The van der Waals surface area contributed by atoms with Gasteiger partial charge in [0.1, 0.15) is 0 Å². The molecule has 2 N–H and O–H groups in total. The highest BCUT2D eigenvalue weighted by Gasteiger charge is 2.20. The van der Waals surface area contributed by atoms with E-state index in [1.807, 2.05) is 16.8 Å². The Kier molecular flexibility index (Phi) is 4.26. The molecule has 0 aliphatic rings. The Morgan fingerprint density at radius 1 is 1.43 bits per heavy atom. The molecule has 0 bridgehead atoms. The number of hydrogen-bond donors (Lipinski definition) is 1. The van der Waals surface area contributed by atoms with Gasteiger partial charge in [-0.3, -0.25) is 4.68 Å². The van der Waals surface area contributed by atoms with Crippen molar-refractivity contribution in [1.29, 1.82) is 0 Å². The average molecular weight is 322 g/mol. The number of methoxy groups -OCH3 is 1. The average Bonchev–Trinajstić information content (AvgIpc) is 3.08. The smallest absolute Gasteiger partial charge is 0.0838 e. The van der Waals surface area contributed by atoms with Crippen molar-refractivity contribution < 1.29 is 4.74 Å². The molecule has 0 amide bonds. The van der Waals surface area contributed by atoms with Gasteiger partial charge in [-0.2, -0.15) is 5.10 Å². The van der Waals surface area contributed by atoms with Gasteiger partial charge in [0.05, 0.1) is 36.1 Å². The molecule has 0 radical (unpaired) electrons. The van der Waals surface area contributed by atoms with Crippen LogP contribution in [-0.2, 0) is 11.3 Å². The van der Waals surface area contributed by atoms with E-state index in [1.54, 1.807) is 24.6 Å². The van der Waals surface area contributed by atoms with Gasteiger partial charge in [-0.05, 0) is 17.5 Å². The first kappa shape index (κ1) is 14.5. The normalized spacial score (nSPS) is 12.9. The molecule has 1 aromatic carbocycles. The molecule has 1 atom stereocenters. The summed E-state index contributed by atoms with van der Waals surface area (Å²) in [5, 5.41) is 6.08. The molecule has 0 fully saturated rings. The second-order valence-corrected chi connectivity index (χ2v) is 6.28. The molecule has 21 heavy (non-hydrogen) atoms. The molecular formula is C15H16ClN3OS. The fourth-order valence-corrected chi connectivity index (χ4v) is 3.66. The summed E-state index contributed by atoms with van der Waals surface area (Å²) in [6.45, 7) is 1.21. The number of ether oxygens (including phenoxy) is 1. The Hall–Kier alpha value is -1.40. The summed E-state index contributed by atoms with van der Waals surface area (Å²) in [4.78, 5) is 1.08. The topological polar surface area (TPSA) is 53.1 Å². The molecule has 3 rings (SSSR count). The van der Waals surface area contributed by atoms with Crippen LogP contribution in [0.25, 0.3) is 10.1 Å². The molecule has 110 valence electrons. The summed E-state index contributed by atoms with van der Waals surface area (Å²) in [5.41, 5.74) is 7.26. The fraction of sp³-hybridized carbons (Fsp3) is 0.267. The number of fused-ring (bicyclic) bond motifs is 1. The van der Waals surface area contributed by atoms with Gasteiger partial charge in [-0.15, -0.1) is 11.3 Å². The summed E-state index contributed by atoms with van der Waals surface area (Å²) < 4.78 is 8.15. The van der Waals surface area contributed by atoms with Gasteiger partial charge in [0.15, 0.2) is 0 Å². The molecule has 2 aromatic heterocycles. The van der Waals surface area contributed by atoms with Crippen LogP contribution < -0.4 is 5.73 Å². The Morgan fingerprint density at radius 2 is 2.24 bits per heavy atom. The summed E-state index contributed by atoms with van der Waals surface area (Å²) in [5.74, 6) is 0. The van der Waals surface area contributed by atoms with E-state index in [-0.39, 0.29) is 6.04 Å². The van der Waals surface area contributed by atoms with E-state index in [1.165, 1.54) is 10.1 Å². The first-order chi connectivity index (χ1) is 10.2.